The highest BCUT2D eigenvalue weighted by atomic mass is 16.6. The van der Waals surface area contributed by atoms with E-state index in [0.717, 1.165) is 0 Å². The third kappa shape index (κ3) is 16.3. The van der Waals surface area contributed by atoms with Crippen molar-refractivity contribution in [2.24, 2.45) is 0 Å². The van der Waals surface area contributed by atoms with Crippen LogP contribution in [0.15, 0.2) is 0 Å². The number of nitrogens with one attached hydrogen (secondary N) is 2. The highest BCUT2D eigenvalue weighted by Crippen LogP contribution is 2.02. The number of rotatable bonds is 17. The van der Waals surface area contributed by atoms with Crippen LogP contribution in [-0.2, 0) is 28.5 Å². The van der Waals surface area contributed by atoms with Crippen LogP contribution in [-0.4, -0.2) is 75.2 Å². The zero-order valence-electron chi connectivity index (χ0n) is 19.3. The van der Waals surface area contributed by atoms with E-state index in [1.54, 1.807) is 0 Å². The average molecular weight is 419 g/mol. The molecule has 0 saturated carbocycles. The maximum atomic E-state index is 11.3. The molecule has 2 N–H and O–H groups in total. The molecule has 0 aliphatic carbocycles. The van der Waals surface area contributed by atoms with Crippen molar-refractivity contribution in [1.29, 1.82) is 0 Å². The summed E-state index contributed by atoms with van der Waals surface area (Å²) < 4.78 is 22.8. The Morgan fingerprint density at radius 3 is 1.45 bits per heavy atom. The lowest BCUT2D eigenvalue weighted by atomic mass is 10.3. The normalized spacial score (nSPS) is 16.5. The topological polar surface area (TPSA) is 95.1 Å². The van der Waals surface area contributed by atoms with Gasteiger partial charge in [-0.1, -0.05) is 13.8 Å². The van der Waals surface area contributed by atoms with E-state index < -0.39 is 0 Å². The molecule has 29 heavy (non-hydrogen) atoms. The van der Waals surface area contributed by atoms with E-state index in [2.05, 4.69) is 10.6 Å². The van der Waals surface area contributed by atoms with Gasteiger partial charge in [-0.2, -0.15) is 0 Å². The summed E-state index contributed by atoms with van der Waals surface area (Å²) in [6.07, 6.45) is 0.743. The summed E-state index contributed by atoms with van der Waals surface area (Å²) in [5, 5.41) is 5.71. The first kappa shape index (κ1) is 27.8. The van der Waals surface area contributed by atoms with Crippen LogP contribution in [0.1, 0.15) is 61.3 Å². The van der Waals surface area contributed by atoms with Crippen molar-refractivity contribution in [1.82, 2.24) is 10.6 Å². The molecule has 0 radical (unpaired) electrons. The van der Waals surface area contributed by atoms with Crippen molar-refractivity contribution in [2.75, 3.05) is 33.0 Å². The minimum atomic E-state index is -0.0704. The van der Waals surface area contributed by atoms with Crippen LogP contribution in [0, 0.1) is 0 Å². The first-order valence-corrected chi connectivity index (χ1v) is 10.7. The van der Waals surface area contributed by atoms with Crippen LogP contribution in [0.2, 0.25) is 0 Å². The van der Waals surface area contributed by atoms with Crippen molar-refractivity contribution < 1.29 is 28.5 Å². The molecule has 5 atom stereocenters. The van der Waals surface area contributed by atoms with Gasteiger partial charge in [0.1, 0.15) is 0 Å². The lowest BCUT2D eigenvalue weighted by Gasteiger charge is -2.21. The Labute approximate surface area is 176 Å². The third-order valence-electron chi connectivity index (χ3n) is 4.04. The molecular weight excluding hydrogens is 376 g/mol. The summed E-state index contributed by atoms with van der Waals surface area (Å²) in [5.74, 6) is 0.0452. The summed E-state index contributed by atoms with van der Waals surface area (Å²) in [6, 6.07) is -0.0408. The molecule has 0 heterocycles. The molecule has 8 nitrogen and oxygen atoms in total. The van der Waals surface area contributed by atoms with E-state index in [4.69, 9.17) is 18.9 Å². The minimum Gasteiger partial charge on any atom is -0.377 e. The average Bonchev–Trinajstić information content (AvgIpc) is 2.68. The zero-order valence-corrected chi connectivity index (χ0v) is 19.3. The molecule has 0 aromatic carbocycles. The molecule has 5 unspecified atom stereocenters. The van der Waals surface area contributed by atoms with Crippen molar-refractivity contribution >= 4 is 11.8 Å². The van der Waals surface area contributed by atoms with Crippen LogP contribution < -0.4 is 10.6 Å². The van der Waals surface area contributed by atoms with Crippen molar-refractivity contribution in [3.63, 3.8) is 0 Å². The number of amides is 2. The van der Waals surface area contributed by atoms with E-state index >= 15 is 0 Å². The Hall–Kier alpha value is -1.22. The highest BCUT2D eigenvalue weighted by molar-refractivity contribution is 5.76. The van der Waals surface area contributed by atoms with Crippen LogP contribution in [0.4, 0.5) is 0 Å². The van der Waals surface area contributed by atoms with Crippen LogP contribution in [0.3, 0.4) is 0 Å². The van der Waals surface area contributed by atoms with E-state index in [0.29, 0.717) is 45.9 Å². The van der Waals surface area contributed by atoms with Crippen molar-refractivity contribution in [2.45, 2.75) is 91.7 Å². The summed E-state index contributed by atoms with van der Waals surface area (Å²) in [4.78, 5) is 22.6. The van der Waals surface area contributed by atoms with Gasteiger partial charge < -0.3 is 29.6 Å². The molecule has 0 aliphatic rings. The summed E-state index contributed by atoms with van der Waals surface area (Å²) in [5.41, 5.74) is 0. The summed E-state index contributed by atoms with van der Waals surface area (Å²) in [6.45, 7) is 15.6. The Balaban J connectivity index is 3.79. The Morgan fingerprint density at radius 1 is 0.621 bits per heavy atom. The fourth-order valence-corrected chi connectivity index (χ4v) is 2.30. The fraction of sp³-hybridized carbons (Fsp3) is 0.905. The molecule has 0 fully saturated rings. The molecule has 172 valence electrons. The SMILES string of the molecule is CCC(=O)NC(C)COCC(C)OCC(C)OCC(C)OCC(C)NC(=O)CC. The molecule has 2 amide bonds. The quantitative estimate of drug-likeness (QED) is 0.375. The van der Waals surface area contributed by atoms with Gasteiger partial charge in [0, 0.05) is 24.9 Å². The van der Waals surface area contributed by atoms with Crippen LogP contribution in [0.25, 0.3) is 0 Å². The minimum absolute atomic E-state index is 0.0172. The second-order valence-corrected chi connectivity index (χ2v) is 7.61. The fourth-order valence-electron chi connectivity index (χ4n) is 2.30. The molecule has 0 saturated heterocycles. The molecule has 0 spiro atoms. The van der Waals surface area contributed by atoms with Gasteiger partial charge in [0.25, 0.3) is 0 Å². The Morgan fingerprint density at radius 2 is 1.00 bits per heavy atom. The molecule has 0 aromatic heterocycles. The first-order valence-electron chi connectivity index (χ1n) is 10.7. The predicted octanol–water partition coefficient (Wildman–Crippen LogP) is 2.05. The van der Waals surface area contributed by atoms with Crippen molar-refractivity contribution in [3.05, 3.63) is 0 Å². The molecule has 0 aliphatic heterocycles. The molecule has 8 heteroatoms. The second kappa shape index (κ2) is 16.6. The number of carbonyl (C=O) groups is 2. The van der Waals surface area contributed by atoms with Gasteiger partial charge in [0.2, 0.25) is 11.8 Å². The lowest BCUT2D eigenvalue weighted by molar-refractivity contribution is -0.123. The monoisotopic (exact) mass is 418 g/mol. The predicted molar refractivity (Wildman–Crippen MR) is 113 cm³/mol. The molecule has 0 aromatic rings. The van der Waals surface area contributed by atoms with Gasteiger partial charge in [0.15, 0.2) is 0 Å². The van der Waals surface area contributed by atoms with Gasteiger partial charge in [-0.05, 0) is 34.6 Å². The van der Waals surface area contributed by atoms with E-state index in [9.17, 15) is 9.59 Å². The smallest absolute Gasteiger partial charge is 0.220 e. The molecular formula is C21H42N2O6. The maximum Gasteiger partial charge on any atom is 0.220 e. The number of carbonyl (C=O) groups excluding carboxylic acids is 2. The van der Waals surface area contributed by atoms with E-state index in [1.165, 1.54) is 0 Å². The van der Waals surface area contributed by atoms with Crippen LogP contribution >= 0.6 is 0 Å². The third-order valence-corrected chi connectivity index (χ3v) is 4.04. The number of hydrogen-bond acceptors (Lipinski definition) is 6. The molecule has 0 rings (SSSR count). The first-order chi connectivity index (χ1) is 13.7. The standard InChI is InChI=1S/C21H42N2O6/c1-8-20(24)22-15(3)10-26-12-17(5)28-14-19(7)29-13-18(6)27-11-16(4)23-21(25)9-2/h15-19H,8-14H2,1-7H3,(H,22,24)(H,23,25). The summed E-state index contributed by atoms with van der Waals surface area (Å²) in [7, 11) is 0. The van der Waals surface area contributed by atoms with Gasteiger partial charge in [-0.15, -0.1) is 0 Å². The van der Waals surface area contributed by atoms with E-state index in [-0.39, 0.29) is 42.2 Å². The zero-order chi connectivity index (χ0) is 22.2. The van der Waals surface area contributed by atoms with Gasteiger partial charge in [0.05, 0.1) is 51.3 Å². The highest BCUT2D eigenvalue weighted by Gasteiger charge is 2.13. The largest absolute Gasteiger partial charge is 0.377 e. The van der Waals surface area contributed by atoms with Gasteiger partial charge >= 0.3 is 0 Å². The van der Waals surface area contributed by atoms with Gasteiger partial charge in [-0.3, -0.25) is 9.59 Å². The molecule has 0 bridgehead atoms. The Bertz CT molecular complexity index is 449. The second-order valence-electron chi connectivity index (χ2n) is 7.61. The van der Waals surface area contributed by atoms with E-state index in [1.807, 2.05) is 48.5 Å². The van der Waals surface area contributed by atoms with Crippen LogP contribution in [0.5, 0.6) is 0 Å². The van der Waals surface area contributed by atoms with Gasteiger partial charge in [-0.25, -0.2) is 0 Å². The number of hydrogen-bond donors (Lipinski definition) is 2. The van der Waals surface area contributed by atoms with Crippen molar-refractivity contribution in [3.8, 4) is 0 Å². The maximum absolute atomic E-state index is 11.3. The number of ether oxygens (including phenoxy) is 4. The summed E-state index contributed by atoms with van der Waals surface area (Å²) >= 11 is 0. The Kier molecular flexibility index (Phi) is 15.9. The lowest BCUT2D eigenvalue weighted by Crippen LogP contribution is -2.37.